The summed E-state index contributed by atoms with van der Waals surface area (Å²) in [5.74, 6) is 0.958. The molecule has 3 heteroatoms. The molecule has 1 saturated carbocycles. The van der Waals surface area contributed by atoms with Crippen molar-refractivity contribution in [2.75, 3.05) is 7.05 Å². The maximum atomic E-state index is 4.42. The van der Waals surface area contributed by atoms with Gasteiger partial charge in [0.05, 0.1) is 5.37 Å². The first-order valence-electron chi connectivity index (χ1n) is 3.46. The molecule has 0 amide bonds. The van der Waals surface area contributed by atoms with Gasteiger partial charge in [0.2, 0.25) is 0 Å². The van der Waals surface area contributed by atoms with Crippen LogP contribution in [0, 0.1) is 5.92 Å². The third kappa shape index (κ3) is 0.791. The number of hydrogen-bond donors (Lipinski definition) is 2. The molecule has 1 heterocycles. The number of hydrazine groups is 1. The van der Waals surface area contributed by atoms with E-state index in [0.717, 1.165) is 12.0 Å². The SMILES string of the molecule is CNN1C(S)CC2CC21. The van der Waals surface area contributed by atoms with Crippen molar-refractivity contribution in [1.82, 2.24) is 10.4 Å². The Hall–Kier alpha value is 0.270. The van der Waals surface area contributed by atoms with Crippen molar-refractivity contribution in [3.63, 3.8) is 0 Å². The fraction of sp³-hybridized carbons (Fsp3) is 1.00. The average molecular weight is 144 g/mol. The lowest BCUT2D eigenvalue weighted by Gasteiger charge is -2.21. The summed E-state index contributed by atoms with van der Waals surface area (Å²) in [6.45, 7) is 0. The Bertz CT molecular complexity index is 126. The van der Waals surface area contributed by atoms with Crippen LogP contribution in [0.5, 0.6) is 0 Å². The Balaban J connectivity index is 2.02. The summed E-state index contributed by atoms with van der Waals surface area (Å²) < 4.78 is 0. The molecule has 1 saturated heterocycles. The van der Waals surface area contributed by atoms with Crippen LogP contribution in [0.4, 0.5) is 0 Å². The van der Waals surface area contributed by atoms with E-state index >= 15 is 0 Å². The second-order valence-electron chi connectivity index (χ2n) is 2.91. The van der Waals surface area contributed by atoms with E-state index in [2.05, 4.69) is 23.1 Å². The predicted molar refractivity (Wildman–Crippen MR) is 40.2 cm³/mol. The Kier molecular flexibility index (Phi) is 1.25. The summed E-state index contributed by atoms with van der Waals surface area (Å²) in [7, 11) is 1.98. The lowest BCUT2D eigenvalue weighted by molar-refractivity contribution is 0.210. The summed E-state index contributed by atoms with van der Waals surface area (Å²) in [4.78, 5) is 0. The van der Waals surface area contributed by atoms with Crippen LogP contribution in [0.15, 0.2) is 0 Å². The zero-order valence-electron chi connectivity index (χ0n) is 5.54. The van der Waals surface area contributed by atoms with Gasteiger partial charge in [-0.05, 0) is 25.8 Å². The fourth-order valence-corrected chi connectivity index (χ4v) is 2.30. The van der Waals surface area contributed by atoms with Crippen molar-refractivity contribution in [1.29, 1.82) is 0 Å². The van der Waals surface area contributed by atoms with Crippen LogP contribution in [0.3, 0.4) is 0 Å². The third-order valence-corrected chi connectivity index (χ3v) is 2.80. The molecule has 3 unspecified atom stereocenters. The molecule has 0 aromatic carbocycles. The molecule has 2 nitrogen and oxygen atoms in total. The van der Waals surface area contributed by atoms with Gasteiger partial charge < -0.3 is 0 Å². The first-order valence-corrected chi connectivity index (χ1v) is 3.98. The molecule has 0 aromatic rings. The molecule has 1 aliphatic heterocycles. The molecule has 1 aliphatic carbocycles. The van der Waals surface area contributed by atoms with Crippen LogP contribution in [-0.4, -0.2) is 23.5 Å². The number of hydrogen-bond acceptors (Lipinski definition) is 3. The van der Waals surface area contributed by atoms with Gasteiger partial charge in [-0.1, -0.05) is 0 Å². The maximum Gasteiger partial charge on any atom is 0.0673 e. The monoisotopic (exact) mass is 144 g/mol. The molecule has 0 bridgehead atoms. The van der Waals surface area contributed by atoms with Gasteiger partial charge >= 0.3 is 0 Å². The first-order chi connectivity index (χ1) is 4.33. The molecule has 2 rings (SSSR count). The normalized spacial score (nSPS) is 49.3. The summed E-state index contributed by atoms with van der Waals surface area (Å²) in [5.41, 5.74) is 3.16. The zero-order valence-corrected chi connectivity index (χ0v) is 6.44. The molecule has 0 radical (unpaired) electrons. The molecular weight excluding hydrogens is 132 g/mol. The second kappa shape index (κ2) is 1.87. The van der Waals surface area contributed by atoms with Crippen molar-refractivity contribution < 1.29 is 0 Å². The quantitative estimate of drug-likeness (QED) is 0.520. The summed E-state index contributed by atoms with van der Waals surface area (Å²) >= 11 is 4.42. The molecule has 52 valence electrons. The molecular formula is C6H12N2S. The Morgan fingerprint density at radius 1 is 1.56 bits per heavy atom. The van der Waals surface area contributed by atoms with Gasteiger partial charge in [0.15, 0.2) is 0 Å². The van der Waals surface area contributed by atoms with E-state index in [4.69, 9.17) is 0 Å². The second-order valence-corrected chi connectivity index (χ2v) is 3.51. The molecule has 3 atom stereocenters. The van der Waals surface area contributed by atoms with E-state index in [0.29, 0.717) is 5.37 Å². The standard InChI is InChI=1S/C6H12N2S/c1-7-8-5-2-4(5)3-6(8)9/h4-7,9H,2-3H2,1H3. The molecule has 2 aliphatic rings. The van der Waals surface area contributed by atoms with Crippen molar-refractivity contribution in [3.05, 3.63) is 0 Å². The van der Waals surface area contributed by atoms with Gasteiger partial charge in [0.1, 0.15) is 0 Å². The van der Waals surface area contributed by atoms with Crippen LogP contribution < -0.4 is 5.43 Å². The van der Waals surface area contributed by atoms with Crippen molar-refractivity contribution in [2.24, 2.45) is 5.92 Å². The van der Waals surface area contributed by atoms with Gasteiger partial charge in [-0.3, -0.25) is 5.43 Å². The van der Waals surface area contributed by atoms with Gasteiger partial charge in [-0.15, -0.1) is 0 Å². The zero-order chi connectivity index (χ0) is 6.43. The minimum Gasteiger partial charge on any atom is -0.257 e. The molecule has 2 fully saturated rings. The maximum absolute atomic E-state index is 4.42. The van der Waals surface area contributed by atoms with Crippen molar-refractivity contribution in [2.45, 2.75) is 24.3 Å². The minimum absolute atomic E-state index is 0.471. The highest BCUT2D eigenvalue weighted by molar-refractivity contribution is 7.80. The van der Waals surface area contributed by atoms with Crippen LogP contribution in [0.1, 0.15) is 12.8 Å². The van der Waals surface area contributed by atoms with E-state index in [1.54, 1.807) is 0 Å². The van der Waals surface area contributed by atoms with E-state index in [1.807, 2.05) is 7.05 Å². The van der Waals surface area contributed by atoms with Crippen molar-refractivity contribution >= 4 is 12.6 Å². The van der Waals surface area contributed by atoms with E-state index in [1.165, 1.54) is 12.8 Å². The van der Waals surface area contributed by atoms with Gasteiger partial charge in [0.25, 0.3) is 0 Å². The highest BCUT2D eigenvalue weighted by atomic mass is 32.1. The number of rotatable bonds is 1. The fourth-order valence-electron chi connectivity index (χ4n) is 1.75. The first kappa shape index (κ1) is 6.01. The topological polar surface area (TPSA) is 15.3 Å². The van der Waals surface area contributed by atoms with Gasteiger partial charge in [0, 0.05) is 6.04 Å². The van der Waals surface area contributed by atoms with Crippen LogP contribution in [0.2, 0.25) is 0 Å². The molecule has 1 N–H and O–H groups in total. The minimum atomic E-state index is 0.471. The lowest BCUT2D eigenvalue weighted by Crippen LogP contribution is -2.39. The molecule has 0 aromatic heterocycles. The average Bonchev–Trinajstić information content (AvgIpc) is 2.45. The van der Waals surface area contributed by atoms with E-state index < -0.39 is 0 Å². The number of nitrogens with zero attached hydrogens (tertiary/aromatic N) is 1. The van der Waals surface area contributed by atoms with Crippen LogP contribution in [-0.2, 0) is 0 Å². The summed E-state index contributed by atoms with van der Waals surface area (Å²) in [6, 6.07) is 0.817. The summed E-state index contributed by atoms with van der Waals surface area (Å²) in [6.07, 6.45) is 2.66. The van der Waals surface area contributed by atoms with E-state index in [-0.39, 0.29) is 0 Å². The Morgan fingerprint density at radius 3 is 2.67 bits per heavy atom. The number of piperidine rings is 1. The lowest BCUT2D eigenvalue weighted by atomic mass is 10.3. The molecule has 0 spiro atoms. The Morgan fingerprint density at radius 2 is 2.33 bits per heavy atom. The largest absolute Gasteiger partial charge is 0.257 e. The Labute approximate surface area is 61.0 Å². The summed E-state index contributed by atoms with van der Waals surface area (Å²) in [5, 5.41) is 2.73. The van der Waals surface area contributed by atoms with Crippen LogP contribution in [0.25, 0.3) is 0 Å². The third-order valence-electron chi connectivity index (χ3n) is 2.34. The van der Waals surface area contributed by atoms with Gasteiger partial charge in [-0.2, -0.15) is 12.6 Å². The van der Waals surface area contributed by atoms with Crippen molar-refractivity contribution in [3.8, 4) is 0 Å². The number of thiol groups is 1. The number of nitrogens with one attached hydrogen (secondary N) is 1. The molecule has 9 heavy (non-hydrogen) atoms. The van der Waals surface area contributed by atoms with E-state index in [9.17, 15) is 0 Å². The highest BCUT2D eigenvalue weighted by Crippen LogP contribution is 2.47. The van der Waals surface area contributed by atoms with Gasteiger partial charge in [-0.25, -0.2) is 5.01 Å². The highest BCUT2D eigenvalue weighted by Gasteiger charge is 2.50. The smallest absolute Gasteiger partial charge is 0.0673 e. The number of fused-ring (bicyclic) bond motifs is 1. The predicted octanol–water partition coefficient (Wildman–Crippen LogP) is 0.471. The van der Waals surface area contributed by atoms with Crippen LogP contribution >= 0.6 is 12.6 Å².